The predicted octanol–water partition coefficient (Wildman–Crippen LogP) is 2.24. The number of aliphatic hydroxyl groups is 1. The Morgan fingerprint density at radius 3 is 2.70 bits per heavy atom. The van der Waals surface area contributed by atoms with Crippen LogP contribution in [0.2, 0.25) is 19.6 Å². The van der Waals surface area contributed by atoms with Crippen LogP contribution in [0.5, 0.6) is 0 Å². The largest absolute Gasteiger partial charge is 0.453 e. The molecule has 1 amide bonds. The summed E-state index contributed by atoms with van der Waals surface area (Å²) in [6.07, 6.45) is 3.11. The van der Waals surface area contributed by atoms with Crippen molar-refractivity contribution in [3.8, 4) is 11.5 Å². The molecule has 0 aromatic carbocycles. The van der Waals surface area contributed by atoms with E-state index in [1.54, 1.807) is 4.90 Å². The molecule has 0 aromatic heterocycles. The maximum absolute atomic E-state index is 11.8. The lowest BCUT2D eigenvalue weighted by molar-refractivity contribution is -0.0136. The number of hydrogen-bond donors (Lipinski definition) is 1. The summed E-state index contributed by atoms with van der Waals surface area (Å²) < 4.78 is 4.84. The van der Waals surface area contributed by atoms with Crippen LogP contribution in [0.3, 0.4) is 0 Å². The SMILES string of the molecule is COC(=O)N1CC[C@@H]2[C@H]1CCC[C@@]2(O)C#C[Si](C)(C)C. The first-order chi connectivity index (χ1) is 9.27. The van der Waals surface area contributed by atoms with Gasteiger partial charge in [0.25, 0.3) is 0 Å². The molecule has 3 atom stereocenters. The Balaban J connectivity index is 2.21. The minimum Gasteiger partial charge on any atom is -0.453 e. The standard InChI is InChI=1S/C15H25NO3Si/c1-19-14(17)16-10-7-12-13(16)6-5-8-15(12,18)9-11-20(2,3)4/h12-13,18H,5-8,10H2,1-4H3/t12-,13-,15-/m1/s1. The second-order valence-electron chi connectivity index (χ2n) is 6.94. The lowest BCUT2D eigenvalue weighted by atomic mass is 9.73. The fourth-order valence-electron chi connectivity index (χ4n) is 3.33. The zero-order valence-electron chi connectivity index (χ0n) is 12.9. The first kappa shape index (κ1) is 15.4. The highest BCUT2D eigenvalue weighted by Gasteiger charge is 2.50. The summed E-state index contributed by atoms with van der Waals surface area (Å²) >= 11 is 0. The van der Waals surface area contributed by atoms with E-state index in [4.69, 9.17) is 4.74 Å². The van der Waals surface area contributed by atoms with E-state index in [0.717, 1.165) is 25.7 Å². The molecule has 0 unspecified atom stereocenters. The number of likely N-dealkylation sites (tertiary alicyclic amines) is 1. The first-order valence-electron chi connectivity index (χ1n) is 7.38. The molecule has 1 aliphatic carbocycles. The maximum atomic E-state index is 11.8. The van der Waals surface area contributed by atoms with E-state index in [0.29, 0.717) is 6.54 Å². The highest BCUT2D eigenvalue weighted by molar-refractivity contribution is 6.83. The molecule has 1 aliphatic heterocycles. The molecule has 0 spiro atoms. The normalized spacial score (nSPS) is 33.1. The second-order valence-corrected chi connectivity index (χ2v) is 11.7. The highest BCUT2D eigenvalue weighted by atomic mass is 28.3. The fourth-order valence-corrected chi connectivity index (χ4v) is 3.92. The van der Waals surface area contributed by atoms with E-state index in [-0.39, 0.29) is 18.1 Å². The molecule has 0 radical (unpaired) electrons. The van der Waals surface area contributed by atoms with Crippen LogP contribution >= 0.6 is 0 Å². The molecule has 0 aromatic rings. The summed E-state index contributed by atoms with van der Waals surface area (Å²) in [7, 11) is -0.0918. The number of carbonyl (C=O) groups excluding carboxylic acids is 1. The van der Waals surface area contributed by atoms with Crippen LogP contribution in [0, 0.1) is 17.4 Å². The Hall–Kier alpha value is -0.993. The quantitative estimate of drug-likeness (QED) is 0.551. The van der Waals surface area contributed by atoms with Crippen LogP contribution in [0.15, 0.2) is 0 Å². The Morgan fingerprint density at radius 2 is 2.10 bits per heavy atom. The third-order valence-corrected chi connectivity index (χ3v) is 5.16. The summed E-state index contributed by atoms with van der Waals surface area (Å²) in [6.45, 7) is 7.20. The van der Waals surface area contributed by atoms with E-state index in [1.165, 1.54) is 7.11 Å². The molecule has 1 saturated heterocycles. The fraction of sp³-hybridized carbons (Fsp3) is 0.800. The highest BCUT2D eigenvalue weighted by Crippen LogP contribution is 2.42. The average molecular weight is 295 g/mol. The minimum absolute atomic E-state index is 0.0687. The summed E-state index contributed by atoms with van der Waals surface area (Å²) in [6, 6.07) is 0.0807. The van der Waals surface area contributed by atoms with E-state index >= 15 is 0 Å². The molecule has 0 bridgehead atoms. The van der Waals surface area contributed by atoms with E-state index < -0.39 is 13.7 Å². The van der Waals surface area contributed by atoms with Gasteiger partial charge in [-0.25, -0.2) is 4.79 Å². The Bertz CT molecular complexity index is 448. The van der Waals surface area contributed by atoms with Gasteiger partial charge in [0.05, 0.1) is 7.11 Å². The van der Waals surface area contributed by atoms with Gasteiger partial charge in [0.1, 0.15) is 13.7 Å². The molecule has 2 rings (SSSR count). The van der Waals surface area contributed by atoms with Gasteiger partial charge in [0.2, 0.25) is 0 Å². The van der Waals surface area contributed by atoms with E-state index in [9.17, 15) is 9.90 Å². The zero-order valence-corrected chi connectivity index (χ0v) is 13.9. The summed E-state index contributed by atoms with van der Waals surface area (Å²) in [4.78, 5) is 13.6. The van der Waals surface area contributed by atoms with Crippen molar-refractivity contribution in [2.24, 2.45) is 5.92 Å². The summed E-state index contributed by atoms with van der Waals surface area (Å²) in [5.74, 6) is 3.24. The van der Waals surface area contributed by atoms with Gasteiger partial charge in [-0.15, -0.1) is 5.54 Å². The average Bonchev–Trinajstić information content (AvgIpc) is 2.81. The van der Waals surface area contributed by atoms with Crippen LogP contribution in [0.25, 0.3) is 0 Å². The Morgan fingerprint density at radius 1 is 1.40 bits per heavy atom. The van der Waals surface area contributed by atoms with Crippen LogP contribution in [-0.2, 0) is 4.74 Å². The first-order valence-corrected chi connectivity index (χ1v) is 10.9. The molecule has 4 nitrogen and oxygen atoms in total. The topological polar surface area (TPSA) is 49.8 Å². The third-order valence-electron chi connectivity index (χ3n) is 4.28. The van der Waals surface area contributed by atoms with E-state index in [2.05, 4.69) is 31.1 Å². The number of hydrogen-bond acceptors (Lipinski definition) is 3. The molecule has 112 valence electrons. The molecule has 1 saturated carbocycles. The molecule has 2 aliphatic rings. The predicted molar refractivity (Wildman–Crippen MR) is 80.9 cm³/mol. The second kappa shape index (κ2) is 5.42. The smallest absolute Gasteiger partial charge is 0.409 e. The molecule has 1 heterocycles. The van der Waals surface area contributed by atoms with Crippen LogP contribution in [0.1, 0.15) is 25.7 Å². The monoisotopic (exact) mass is 295 g/mol. The molecule has 1 N–H and O–H groups in total. The van der Waals surface area contributed by atoms with Gasteiger partial charge in [-0.1, -0.05) is 25.6 Å². The van der Waals surface area contributed by atoms with Gasteiger partial charge in [-0.05, 0) is 25.7 Å². The van der Waals surface area contributed by atoms with Gasteiger partial charge in [0.15, 0.2) is 0 Å². The van der Waals surface area contributed by atoms with Crippen molar-refractivity contribution < 1.29 is 14.6 Å². The van der Waals surface area contributed by atoms with Crippen molar-refractivity contribution in [2.75, 3.05) is 13.7 Å². The number of amides is 1. The van der Waals surface area contributed by atoms with Gasteiger partial charge in [0, 0.05) is 18.5 Å². The lowest BCUT2D eigenvalue weighted by Crippen LogP contribution is -2.49. The zero-order chi connectivity index (χ0) is 15.0. The maximum Gasteiger partial charge on any atom is 0.409 e. The summed E-state index contributed by atoms with van der Waals surface area (Å²) in [5.41, 5.74) is 2.38. The molecular formula is C15H25NO3Si. The van der Waals surface area contributed by atoms with Gasteiger partial charge >= 0.3 is 6.09 Å². The molecule has 2 fully saturated rings. The number of rotatable bonds is 0. The van der Waals surface area contributed by atoms with Crippen LogP contribution in [-0.4, -0.2) is 49.5 Å². The molecule has 5 heteroatoms. The Labute approximate surface area is 122 Å². The van der Waals surface area contributed by atoms with Crippen molar-refractivity contribution in [1.82, 2.24) is 4.90 Å². The molecule has 20 heavy (non-hydrogen) atoms. The van der Waals surface area contributed by atoms with Crippen molar-refractivity contribution in [3.63, 3.8) is 0 Å². The van der Waals surface area contributed by atoms with Crippen molar-refractivity contribution in [2.45, 2.75) is 57.0 Å². The number of ether oxygens (including phenoxy) is 1. The number of carbonyl (C=O) groups is 1. The third kappa shape index (κ3) is 3.02. The number of fused-ring (bicyclic) bond motifs is 1. The van der Waals surface area contributed by atoms with Gasteiger partial charge < -0.3 is 14.7 Å². The van der Waals surface area contributed by atoms with Crippen LogP contribution in [0.4, 0.5) is 4.79 Å². The van der Waals surface area contributed by atoms with Crippen molar-refractivity contribution in [3.05, 3.63) is 0 Å². The van der Waals surface area contributed by atoms with Gasteiger partial charge in [-0.3, -0.25) is 0 Å². The summed E-state index contributed by atoms with van der Waals surface area (Å²) in [5, 5.41) is 10.9. The van der Waals surface area contributed by atoms with Gasteiger partial charge in [-0.2, -0.15) is 0 Å². The minimum atomic E-state index is -1.50. The van der Waals surface area contributed by atoms with Crippen molar-refractivity contribution in [1.29, 1.82) is 0 Å². The molecular weight excluding hydrogens is 270 g/mol. The number of nitrogens with zero attached hydrogens (tertiary/aromatic N) is 1. The van der Waals surface area contributed by atoms with Crippen molar-refractivity contribution >= 4 is 14.2 Å². The van der Waals surface area contributed by atoms with E-state index in [1.807, 2.05) is 0 Å². The number of methoxy groups -OCH3 is 1. The lowest BCUT2D eigenvalue weighted by Gasteiger charge is -2.40. The van der Waals surface area contributed by atoms with Crippen LogP contribution < -0.4 is 0 Å². The Kier molecular flexibility index (Phi) is 4.17.